The monoisotopic (exact) mass is 280 g/mol. The molecule has 0 aliphatic carbocycles. The van der Waals surface area contributed by atoms with E-state index in [4.69, 9.17) is 9.47 Å². The van der Waals surface area contributed by atoms with Crippen molar-refractivity contribution >= 4 is 5.69 Å². The molecule has 0 bridgehead atoms. The molecule has 1 heterocycles. The summed E-state index contributed by atoms with van der Waals surface area (Å²) in [6.45, 7) is 1.71. The highest BCUT2D eigenvalue weighted by atomic mass is 16.6. The molecule has 1 unspecified atom stereocenters. The largest absolute Gasteiger partial charge is 0.486 e. The van der Waals surface area contributed by atoms with Crippen molar-refractivity contribution < 1.29 is 9.47 Å². The van der Waals surface area contributed by atoms with Gasteiger partial charge in [-0.25, -0.2) is 0 Å². The van der Waals surface area contributed by atoms with Gasteiger partial charge in [0.05, 0.1) is 12.0 Å². The summed E-state index contributed by atoms with van der Waals surface area (Å²) in [6.07, 6.45) is 0. The Balaban J connectivity index is 1.68. The minimum Gasteiger partial charge on any atom is -0.486 e. The Kier molecular flexibility index (Phi) is 3.92. The number of hydrogen-bond acceptors (Lipinski definition) is 4. The molecule has 0 saturated heterocycles. The van der Waals surface area contributed by atoms with Gasteiger partial charge in [0.2, 0.25) is 0 Å². The fourth-order valence-electron chi connectivity index (χ4n) is 2.30. The van der Waals surface area contributed by atoms with Gasteiger partial charge in [-0.05, 0) is 17.7 Å². The maximum Gasteiger partial charge on any atom is 0.163 e. The van der Waals surface area contributed by atoms with Crippen molar-refractivity contribution in [1.29, 1.82) is 5.26 Å². The number of hydrogen-bond donors (Lipinski definition) is 1. The Labute approximate surface area is 123 Å². The van der Waals surface area contributed by atoms with Crippen molar-refractivity contribution in [2.24, 2.45) is 0 Å². The highest BCUT2D eigenvalue weighted by molar-refractivity contribution is 5.55. The topological polar surface area (TPSA) is 54.3 Å². The van der Waals surface area contributed by atoms with Crippen LogP contribution in [0.3, 0.4) is 0 Å². The van der Waals surface area contributed by atoms with Gasteiger partial charge in [0.1, 0.15) is 13.2 Å². The average Bonchev–Trinajstić information content (AvgIpc) is 2.56. The summed E-state index contributed by atoms with van der Waals surface area (Å²) in [6, 6.07) is 17.9. The predicted molar refractivity (Wildman–Crippen MR) is 80.7 cm³/mol. The number of nitrogens with one attached hydrogen (secondary N) is 1. The van der Waals surface area contributed by atoms with E-state index in [0.29, 0.717) is 19.8 Å². The zero-order valence-electron chi connectivity index (χ0n) is 11.6. The van der Waals surface area contributed by atoms with Gasteiger partial charge in [-0.1, -0.05) is 30.3 Å². The molecule has 4 nitrogen and oxygen atoms in total. The third kappa shape index (κ3) is 3.09. The van der Waals surface area contributed by atoms with Crippen LogP contribution in [0, 0.1) is 11.3 Å². The molecule has 0 spiro atoms. The Morgan fingerprint density at radius 1 is 1.05 bits per heavy atom. The van der Waals surface area contributed by atoms with Crippen molar-refractivity contribution in [3.63, 3.8) is 0 Å². The molecular formula is C17H16N2O2. The van der Waals surface area contributed by atoms with E-state index in [-0.39, 0.29) is 5.92 Å². The Hall–Kier alpha value is -2.67. The molecule has 2 aromatic carbocycles. The fourth-order valence-corrected chi connectivity index (χ4v) is 2.30. The Morgan fingerprint density at radius 3 is 2.57 bits per heavy atom. The van der Waals surface area contributed by atoms with Gasteiger partial charge in [0.15, 0.2) is 11.5 Å². The molecule has 0 amide bonds. The smallest absolute Gasteiger partial charge is 0.163 e. The highest BCUT2D eigenvalue weighted by Gasteiger charge is 2.13. The van der Waals surface area contributed by atoms with Crippen LogP contribution in [0.15, 0.2) is 48.5 Å². The maximum atomic E-state index is 9.31. The Morgan fingerprint density at radius 2 is 1.81 bits per heavy atom. The van der Waals surface area contributed by atoms with Gasteiger partial charge in [0.25, 0.3) is 0 Å². The summed E-state index contributed by atoms with van der Waals surface area (Å²) in [7, 11) is 0. The van der Waals surface area contributed by atoms with E-state index < -0.39 is 0 Å². The van der Waals surface area contributed by atoms with E-state index >= 15 is 0 Å². The summed E-state index contributed by atoms with van der Waals surface area (Å²) in [4.78, 5) is 0. The summed E-state index contributed by atoms with van der Waals surface area (Å²) >= 11 is 0. The van der Waals surface area contributed by atoms with Crippen LogP contribution in [0.25, 0.3) is 0 Å². The van der Waals surface area contributed by atoms with Gasteiger partial charge < -0.3 is 14.8 Å². The summed E-state index contributed by atoms with van der Waals surface area (Å²) in [5, 5.41) is 12.6. The zero-order valence-corrected chi connectivity index (χ0v) is 11.6. The van der Waals surface area contributed by atoms with Crippen LogP contribution in [0.5, 0.6) is 11.5 Å². The minimum absolute atomic E-state index is 0.181. The molecule has 0 aromatic heterocycles. The molecule has 1 N–H and O–H groups in total. The molecule has 0 radical (unpaired) electrons. The molecule has 0 saturated carbocycles. The molecule has 0 fully saturated rings. The number of nitriles is 1. The lowest BCUT2D eigenvalue weighted by Crippen LogP contribution is -2.16. The predicted octanol–water partition coefficient (Wildman–Crippen LogP) is 3.18. The quantitative estimate of drug-likeness (QED) is 0.934. The van der Waals surface area contributed by atoms with Crippen LogP contribution >= 0.6 is 0 Å². The molecule has 1 atom stereocenters. The molecule has 4 heteroatoms. The van der Waals surface area contributed by atoms with Crippen molar-refractivity contribution in [2.45, 2.75) is 5.92 Å². The van der Waals surface area contributed by atoms with Crippen LogP contribution in [-0.2, 0) is 0 Å². The van der Waals surface area contributed by atoms with Gasteiger partial charge in [-0.3, -0.25) is 0 Å². The molecule has 21 heavy (non-hydrogen) atoms. The second-order valence-corrected chi connectivity index (χ2v) is 4.83. The van der Waals surface area contributed by atoms with Crippen molar-refractivity contribution in [3.05, 3.63) is 54.1 Å². The SMILES string of the molecule is N#CC(CNc1ccc2c(c1)OCCO2)c1ccccc1. The minimum atomic E-state index is -0.181. The number of rotatable bonds is 4. The second kappa shape index (κ2) is 6.19. The molecule has 106 valence electrons. The summed E-state index contributed by atoms with van der Waals surface area (Å²) in [5.74, 6) is 1.34. The van der Waals surface area contributed by atoms with E-state index in [0.717, 1.165) is 22.7 Å². The van der Waals surface area contributed by atoms with Crippen molar-refractivity contribution in [2.75, 3.05) is 25.1 Å². The lowest BCUT2D eigenvalue weighted by atomic mass is 10.0. The van der Waals surface area contributed by atoms with Gasteiger partial charge in [-0.15, -0.1) is 0 Å². The van der Waals surface area contributed by atoms with E-state index in [1.165, 1.54) is 0 Å². The molecule has 1 aliphatic heterocycles. The highest BCUT2D eigenvalue weighted by Crippen LogP contribution is 2.32. The normalized spacial score (nSPS) is 14.0. The van der Waals surface area contributed by atoms with E-state index in [2.05, 4.69) is 11.4 Å². The van der Waals surface area contributed by atoms with Crippen LogP contribution in [0.1, 0.15) is 11.5 Å². The molecule has 1 aliphatic rings. The van der Waals surface area contributed by atoms with Gasteiger partial charge in [-0.2, -0.15) is 5.26 Å². The lowest BCUT2D eigenvalue weighted by molar-refractivity contribution is 0.171. The van der Waals surface area contributed by atoms with E-state index in [1.807, 2.05) is 48.5 Å². The first-order valence-corrected chi connectivity index (χ1v) is 6.95. The fraction of sp³-hybridized carbons (Fsp3) is 0.235. The summed E-state index contributed by atoms with van der Waals surface area (Å²) < 4.78 is 11.0. The van der Waals surface area contributed by atoms with Crippen LogP contribution < -0.4 is 14.8 Å². The van der Waals surface area contributed by atoms with E-state index in [1.54, 1.807) is 0 Å². The first kappa shape index (κ1) is 13.3. The number of nitrogens with zero attached hydrogens (tertiary/aromatic N) is 1. The molecule has 3 rings (SSSR count). The maximum absolute atomic E-state index is 9.31. The number of anilines is 1. The molecular weight excluding hydrogens is 264 g/mol. The standard InChI is InChI=1S/C17H16N2O2/c18-11-14(13-4-2-1-3-5-13)12-19-15-6-7-16-17(10-15)21-9-8-20-16/h1-7,10,14,19H,8-9,12H2. The van der Waals surface area contributed by atoms with E-state index in [9.17, 15) is 5.26 Å². The zero-order chi connectivity index (χ0) is 14.5. The van der Waals surface area contributed by atoms with Crippen LogP contribution in [0.2, 0.25) is 0 Å². The number of ether oxygens (including phenoxy) is 2. The first-order valence-electron chi connectivity index (χ1n) is 6.95. The number of benzene rings is 2. The van der Waals surface area contributed by atoms with Crippen LogP contribution in [0.4, 0.5) is 5.69 Å². The van der Waals surface area contributed by atoms with Crippen molar-refractivity contribution in [1.82, 2.24) is 0 Å². The lowest BCUT2D eigenvalue weighted by Gasteiger charge is -2.19. The third-order valence-electron chi connectivity index (χ3n) is 3.41. The van der Waals surface area contributed by atoms with Gasteiger partial charge >= 0.3 is 0 Å². The second-order valence-electron chi connectivity index (χ2n) is 4.83. The molecule has 2 aromatic rings. The van der Waals surface area contributed by atoms with Gasteiger partial charge in [0, 0.05) is 18.3 Å². The first-order chi connectivity index (χ1) is 10.4. The summed E-state index contributed by atoms with van der Waals surface area (Å²) in [5.41, 5.74) is 1.94. The third-order valence-corrected chi connectivity index (χ3v) is 3.41. The van der Waals surface area contributed by atoms with Crippen molar-refractivity contribution in [3.8, 4) is 17.6 Å². The number of fused-ring (bicyclic) bond motifs is 1. The average molecular weight is 280 g/mol. The Bertz CT molecular complexity index is 650. The van der Waals surface area contributed by atoms with Crippen LogP contribution in [-0.4, -0.2) is 19.8 Å².